The Balaban J connectivity index is 1.46. The maximum absolute atomic E-state index is 13.1. The largest absolute Gasteiger partial charge is 0.294 e. The van der Waals surface area contributed by atoms with Crippen molar-refractivity contribution < 1.29 is 9.18 Å². The summed E-state index contributed by atoms with van der Waals surface area (Å²) in [6.45, 7) is 0. The van der Waals surface area contributed by atoms with E-state index < -0.39 is 6.17 Å². The maximum Gasteiger partial charge on any atom is 0.276 e. The van der Waals surface area contributed by atoms with Crippen LogP contribution in [0.4, 0.5) is 10.1 Å². The number of carbonyl (C=O) groups excluding carboxylic acids is 1. The minimum atomic E-state index is -0.599. The Kier molecular flexibility index (Phi) is 4.57. The normalized spacial score (nSPS) is 18.6. The van der Waals surface area contributed by atoms with Crippen LogP contribution in [-0.2, 0) is 10.5 Å². The number of hydrogen-bond donors (Lipinski definition) is 1. The molecule has 2 aliphatic rings. The Morgan fingerprint density at radius 1 is 1.12 bits per heavy atom. The van der Waals surface area contributed by atoms with Crippen LogP contribution in [0.1, 0.15) is 5.56 Å². The lowest BCUT2D eigenvalue weighted by molar-refractivity contribution is -0.122. The lowest BCUT2D eigenvalue weighted by Crippen LogP contribution is -2.52. The first kappa shape index (κ1) is 16.9. The zero-order valence-corrected chi connectivity index (χ0v) is 15.0. The van der Waals surface area contributed by atoms with Gasteiger partial charge in [-0.25, -0.2) is 4.39 Å². The number of benzene rings is 2. The number of anilines is 1. The number of hydrogen-bond acceptors (Lipinski definition) is 5. The van der Waals surface area contributed by atoms with Gasteiger partial charge in [-0.2, -0.15) is 5.10 Å². The van der Waals surface area contributed by atoms with Gasteiger partial charge in [0.15, 0.2) is 5.17 Å². The number of nitrogens with one attached hydrogen (secondary N) is 1. The summed E-state index contributed by atoms with van der Waals surface area (Å²) in [7, 11) is 0. The van der Waals surface area contributed by atoms with Crippen LogP contribution in [-0.4, -0.2) is 22.1 Å². The van der Waals surface area contributed by atoms with Gasteiger partial charge in [0.1, 0.15) is 5.82 Å². The molecule has 0 bridgehead atoms. The van der Waals surface area contributed by atoms with Gasteiger partial charge in [0.25, 0.3) is 5.91 Å². The molecule has 0 fully saturated rings. The smallest absolute Gasteiger partial charge is 0.276 e. The lowest BCUT2D eigenvalue weighted by Gasteiger charge is -2.31. The molecule has 5 nitrogen and oxygen atoms in total. The minimum Gasteiger partial charge on any atom is -0.294 e. The molecule has 0 aliphatic carbocycles. The molecule has 2 aromatic rings. The fourth-order valence-corrected chi connectivity index (χ4v) is 3.71. The second kappa shape index (κ2) is 7.01. The molecule has 0 radical (unpaired) electrons. The summed E-state index contributed by atoms with van der Waals surface area (Å²) in [5.74, 6) is 0.196. The first-order valence-corrected chi connectivity index (χ1v) is 9.24. The summed E-state index contributed by atoms with van der Waals surface area (Å²) in [6, 6.07) is 13.4. The minimum absolute atomic E-state index is 0.176. The highest BCUT2D eigenvalue weighted by Crippen LogP contribution is 2.27. The molecule has 2 heterocycles. The van der Waals surface area contributed by atoms with Crippen molar-refractivity contribution in [3.8, 4) is 0 Å². The fraction of sp³-hybridized carbons (Fsp3) is 0.111. The third kappa shape index (κ3) is 3.27. The van der Waals surface area contributed by atoms with Crippen LogP contribution in [0.3, 0.4) is 0 Å². The monoisotopic (exact) mass is 388 g/mol. The summed E-state index contributed by atoms with van der Waals surface area (Å²) in [4.78, 5) is 16.0. The van der Waals surface area contributed by atoms with E-state index in [0.29, 0.717) is 21.6 Å². The Labute approximate surface area is 159 Å². The number of nitrogens with zero attached hydrogens (tertiary/aromatic N) is 3. The van der Waals surface area contributed by atoms with Crippen LogP contribution in [0.15, 0.2) is 66.0 Å². The van der Waals surface area contributed by atoms with Crippen LogP contribution in [0.5, 0.6) is 0 Å². The van der Waals surface area contributed by atoms with Gasteiger partial charge in [0.2, 0.25) is 6.17 Å². The van der Waals surface area contributed by atoms with Gasteiger partial charge in [-0.05, 0) is 42.0 Å². The molecule has 0 saturated carbocycles. The van der Waals surface area contributed by atoms with Gasteiger partial charge < -0.3 is 0 Å². The van der Waals surface area contributed by atoms with Crippen LogP contribution < -0.4 is 10.3 Å². The molecule has 0 aromatic heterocycles. The molecule has 8 heteroatoms. The molecule has 4 rings (SSSR count). The summed E-state index contributed by atoms with van der Waals surface area (Å²) in [5, 5.41) is 5.69. The molecular formula is C18H14ClFN4OS. The van der Waals surface area contributed by atoms with Crippen molar-refractivity contribution in [2.24, 2.45) is 5.10 Å². The van der Waals surface area contributed by atoms with E-state index in [0.717, 1.165) is 5.56 Å². The van der Waals surface area contributed by atoms with E-state index in [1.54, 1.807) is 29.4 Å². The van der Waals surface area contributed by atoms with Gasteiger partial charge in [0, 0.05) is 28.9 Å². The molecule has 2 aromatic carbocycles. The Morgan fingerprint density at radius 3 is 2.58 bits per heavy atom. The van der Waals surface area contributed by atoms with Crippen LogP contribution in [0.25, 0.3) is 0 Å². The van der Waals surface area contributed by atoms with Gasteiger partial charge in [0.05, 0.1) is 0 Å². The topological polar surface area (TPSA) is 47.9 Å². The predicted molar refractivity (Wildman–Crippen MR) is 102 cm³/mol. The van der Waals surface area contributed by atoms with Crippen molar-refractivity contribution >= 4 is 40.1 Å². The summed E-state index contributed by atoms with van der Waals surface area (Å²) >= 11 is 7.43. The second-order valence-corrected chi connectivity index (χ2v) is 7.11. The highest BCUT2D eigenvalue weighted by molar-refractivity contribution is 8.13. The van der Waals surface area contributed by atoms with Crippen molar-refractivity contribution in [1.82, 2.24) is 10.3 Å². The molecule has 0 spiro atoms. The summed E-state index contributed by atoms with van der Waals surface area (Å²) in [5.41, 5.74) is 4.59. The van der Waals surface area contributed by atoms with E-state index in [4.69, 9.17) is 11.6 Å². The van der Waals surface area contributed by atoms with Crippen molar-refractivity contribution in [2.75, 3.05) is 4.90 Å². The van der Waals surface area contributed by atoms with Gasteiger partial charge >= 0.3 is 0 Å². The molecular weight excluding hydrogens is 375 g/mol. The quantitative estimate of drug-likeness (QED) is 0.870. The van der Waals surface area contributed by atoms with E-state index in [2.05, 4.69) is 10.5 Å². The van der Waals surface area contributed by atoms with Crippen molar-refractivity contribution in [2.45, 2.75) is 11.9 Å². The number of thioether (sulfide) groups is 1. The predicted octanol–water partition coefficient (Wildman–Crippen LogP) is 3.73. The number of hydrazone groups is 1. The van der Waals surface area contributed by atoms with E-state index >= 15 is 0 Å². The highest BCUT2D eigenvalue weighted by atomic mass is 35.5. The molecule has 1 amide bonds. The second-order valence-electron chi connectivity index (χ2n) is 5.73. The Hall–Kier alpha value is -2.51. The van der Waals surface area contributed by atoms with Crippen LogP contribution in [0.2, 0.25) is 5.02 Å². The average Bonchev–Trinajstić information content (AvgIpc) is 3.07. The molecule has 0 saturated heterocycles. The number of carbonyl (C=O) groups is 1. The fourth-order valence-electron chi connectivity index (χ4n) is 2.66. The molecule has 26 heavy (non-hydrogen) atoms. The van der Waals surface area contributed by atoms with E-state index in [1.807, 2.05) is 24.3 Å². The number of amides is 1. The summed E-state index contributed by atoms with van der Waals surface area (Å²) < 4.78 is 13.1. The standard InChI is InChI=1S/C18H14ClFN4OS/c19-13-3-1-12(2-4-13)11-26-18-22-21-16-17(25)23(9-10-24(16)18)15-7-5-14(20)6-8-15/h1-10,16,21H,11H2. The van der Waals surface area contributed by atoms with Gasteiger partial charge in [-0.3, -0.25) is 20.0 Å². The van der Waals surface area contributed by atoms with E-state index in [1.165, 1.54) is 28.8 Å². The van der Waals surface area contributed by atoms with Crippen LogP contribution in [0, 0.1) is 5.82 Å². The average molecular weight is 389 g/mol. The number of rotatable bonds is 3. The van der Waals surface area contributed by atoms with E-state index in [-0.39, 0.29) is 11.7 Å². The zero-order valence-electron chi connectivity index (χ0n) is 13.5. The summed E-state index contributed by atoms with van der Waals surface area (Å²) in [6.07, 6.45) is 2.86. The lowest BCUT2D eigenvalue weighted by atomic mass is 10.2. The van der Waals surface area contributed by atoms with Gasteiger partial charge in [-0.1, -0.05) is 35.5 Å². The molecule has 2 aliphatic heterocycles. The van der Waals surface area contributed by atoms with Crippen molar-refractivity contribution in [1.29, 1.82) is 0 Å². The van der Waals surface area contributed by atoms with E-state index in [9.17, 15) is 9.18 Å². The van der Waals surface area contributed by atoms with Crippen LogP contribution >= 0.6 is 23.4 Å². The van der Waals surface area contributed by atoms with Crippen molar-refractivity contribution in [3.63, 3.8) is 0 Å². The Bertz CT molecular complexity index is 885. The van der Waals surface area contributed by atoms with Crippen molar-refractivity contribution in [3.05, 3.63) is 77.3 Å². The first-order chi connectivity index (χ1) is 12.6. The third-order valence-electron chi connectivity index (χ3n) is 4.02. The Morgan fingerprint density at radius 2 is 1.85 bits per heavy atom. The SMILES string of the molecule is O=C1C2NN=C(SCc3ccc(Cl)cc3)N2C=CN1c1ccc(F)cc1. The third-order valence-corrected chi connectivity index (χ3v) is 5.31. The maximum atomic E-state index is 13.1. The zero-order chi connectivity index (χ0) is 18.1. The first-order valence-electron chi connectivity index (χ1n) is 7.87. The number of amidine groups is 1. The molecule has 1 atom stereocenters. The molecule has 1 unspecified atom stereocenters. The van der Waals surface area contributed by atoms with Gasteiger partial charge in [-0.15, -0.1) is 0 Å². The number of halogens is 2. The molecule has 132 valence electrons. The highest BCUT2D eigenvalue weighted by Gasteiger charge is 2.38. The molecule has 1 N–H and O–H groups in total. The number of fused-ring (bicyclic) bond motifs is 1.